The Morgan fingerprint density at radius 3 is 1.71 bits per heavy atom. The van der Waals surface area contributed by atoms with E-state index in [-0.39, 0.29) is 0 Å². The van der Waals surface area contributed by atoms with Gasteiger partial charge in [-0.15, -0.1) is 0 Å². The van der Waals surface area contributed by atoms with Crippen LogP contribution in [0.3, 0.4) is 0 Å². The molecule has 0 aromatic heterocycles. The van der Waals surface area contributed by atoms with Gasteiger partial charge in [-0.2, -0.15) is 9.84 Å². The van der Waals surface area contributed by atoms with Crippen LogP contribution in [0.25, 0.3) is 50.2 Å². The molecule has 0 aliphatic heterocycles. The molecule has 4 heteroatoms. The number of nitriles is 1. The van der Waals surface area contributed by atoms with Gasteiger partial charge in [0.25, 0.3) is 0 Å². The minimum Gasteiger partial charge on any atom is -0.495 e. The number of hydrogen-bond donors (Lipinski definition) is 0. The van der Waals surface area contributed by atoms with Crippen LogP contribution in [-0.4, -0.2) is 29.5 Å². The van der Waals surface area contributed by atoms with E-state index in [4.69, 9.17) is 10.00 Å². The summed E-state index contributed by atoms with van der Waals surface area (Å²) >= 11 is 1.84. The molecule has 0 heterocycles. The summed E-state index contributed by atoms with van der Waals surface area (Å²) in [5.74, 6) is 1.69. The van der Waals surface area contributed by atoms with E-state index in [1.807, 2.05) is 11.8 Å². The van der Waals surface area contributed by atoms with E-state index in [1.54, 1.807) is 13.2 Å². The van der Waals surface area contributed by atoms with Crippen LogP contribution in [0, 0.1) is 25.2 Å². The Morgan fingerprint density at radius 1 is 0.691 bits per heavy atom. The maximum Gasteiger partial charge on any atom is 0.209 e. The number of aryl methyl sites for hydroxylation is 2. The summed E-state index contributed by atoms with van der Waals surface area (Å²) in [7, 11) is 1.79. The van der Waals surface area contributed by atoms with E-state index in [9.17, 15) is 0 Å². The largest absolute Gasteiger partial charge is 0.495 e. The van der Waals surface area contributed by atoms with Crippen LogP contribution in [0.2, 0.25) is 0 Å². The third-order valence-corrected chi connectivity index (χ3v) is 10.3. The molecule has 0 saturated heterocycles. The normalized spacial score (nSPS) is 11.6. The number of methoxy groups -OCH3 is 1. The highest BCUT2D eigenvalue weighted by Crippen LogP contribution is 2.43. The standard InChI is InChI=1S/C49H50NOS.C2H3N/c1-8-20-40-44(37-21-12-10-13-22-37)29-34(3)31-46(40)41-26-17-16-25-39(41)36(5)50(33-52-7)48(9-2)43-28-19-18-27-42(43)47-32-35(4)30-45(49(47)51-6)38-23-14-11-15-24-38;1-2-3/h9-19,21-32H,8,20,33H2,1-7H3;1H3/q+1;/b48-9-,50-36+;. The third-order valence-electron chi connectivity index (χ3n) is 9.83. The highest BCUT2D eigenvalue weighted by molar-refractivity contribution is 7.98. The van der Waals surface area contributed by atoms with Gasteiger partial charge in [-0.05, 0) is 114 Å². The molecule has 0 bridgehead atoms. The highest BCUT2D eigenvalue weighted by atomic mass is 32.2. The van der Waals surface area contributed by atoms with Crippen LogP contribution in [0.5, 0.6) is 5.75 Å². The lowest BCUT2D eigenvalue weighted by Crippen LogP contribution is -2.20. The van der Waals surface area contributed by atoms with Crippen LogP contribution in [-0.2, 0) is 6.42 Å². The molecule has 0 atom stereocenters. The molecule has 0 N–H and O–H groups in total. The van der Waals surface area contributed by atoms with E-state index in [1.165, 1.54) is 68.4 Å². The molecule has 0 aliphatic rings. The fraction of sp³-hybridized carbons (Fsp3) is 0.216. The minimum atomic E-state index is 0.805. The molecule has 0 unspecified atom stereocenters. The summed E-state index contributed by atoms with van der Waals surface area (Å²) < 4.78 is 8.73. The second kappa shape index (κ2) is 19.6. The Kier molecular flexibility index (Phi) is 14.5. The average molecular weight is 742 g/mol. The van der Waals surface area contributed by atoms with Crippen molar-refractivity contribution in [1.29, 1.82) is 5.26 Å². The van der Waals surface area contributed by atoms with Crippen molar-refractivity contribution in [1.82, 2.24) is 0 Å². The maximum absolute atomic E-state index is 7.32. The fourth-order valence-electron chi connectivity index (χ4n) is 7.53. The summed E-state index contributed by atoms with van der Waals surface area (Å²) in [4.78, 5) is 0. The molecule has 0 radical (unpaired) electrons. The maximum atomic E-state index is 7.32. The molecule has 0 fully saturated rings. The quantitative estimate of drug-likeness (QED) is 0.0712. The van der Waals surface area contributed by atoms with E-state index in [0.29, 0.717) is 0 Å². The van der Waals surface area contributed by atoms with E-state index >= 15 is 0 Å². The first-order valence-corrected chi connectivity index (χ1v) is 20.4. The molecule has 3 nitrogen and oxygen atoms in total. The summed E-state index contributed by atoms with van der Waals surface area (Å²) in [5.41, 5.74) is 18.4. The smallest absolute Gasteiger partial charge is 0.209 e. The van der Waals surface area contributed by atoms with E-state index in [2.05, 4.69) is 185 Å². The van der Waals surface area contributed by atoms with Gasteiger partial charge in [0.15, 0.2) is 11.6 Å². The molecule has 6 aromatic carbocycles. The number of thioether (sulfide) groups is 1. The summed E-state index contributed by atoms with van der Waals surface area (Å²) in [6.07, 6.45) is 6.54. The Labute approximate surface area is 333 Å². The number of benzene rings is 6. The second-order valence-corrected chi connectivity index (χ2v) is 14.5. The molecule has 0 spiro atoms. The fourth-order valence-corrected chi connectivity index (χ4v) is 8.12. The number of hydrogen-bond acceptors (Lipinski definition) is 3. The lowest BCUT2D eigenvalue weighted by Gasteiger charge is -2.20. The van der Waals surface area contributed by atoms with E-state index in [0.717, 1.165) is 46.7 Å². The molecular weight excluding hydrogens is 689 g/mol. The Hall–Kier alpha value is -5.63. The molecule has 6 aromatic rings. The van der Waals surface area contributed by atoms with Gasteiger partial charge in [0, 0.05) is 30.5 Å². The zero-order valence-electron chi connectivity index (χ0n) is 33.6. The van der Waals surface area contributed by atoms with Gasteiger partial charge in [0.05, 0.1) is 18.7 Å². The highest BCUT2D eigenvalue weighted by Gasteiger charge is 2.26. The van der Waals surface area contributed by atoms with Crippen molar-refractivity contribution in [3.05, 3.63) is 167 Å². The first-order valence-electron chi connectivity index (χ1n) is 19.0. The Morgan fingerprint density at radius 2 is 1.16 bits per heavy atom. The number of ether oxygens (including phenoxy) is 1. The van der Waals surface area contributed by atoms with Crippen molar-refractivity contribution in [2.45, 2.75) is 54.4 Å². The number of allylic oxidation sites excluding steroid dienone is 1. The van der Waals surface area contributed by atoms with Crippen LogP contribution >= 0.6 is 11.8 Å². The molecule has 6 rings (SSSR count). The lowest BCUT2D eigenvalue weighted by atomic mass is 9.85. The van der Waals surface area contributed by atoms with Gasteiger partial charge >= 0.3 is 0 Å². The van der Waals surface area contributed by atoms with Crippen molar-refractivity contribution in [2.24, 2.45) is 0 Å². The van der Waals surface area contributed by atoms with Gasteiger partial charge in [-0.3, -0.25) is 0 Å². The van der Waals surface area contributed by atoms with Gasteiger partial charge in [-0.1, -0.05) is 134 Å². The van der Waals surface area contributed by atoms with Crippen molar-refractivity contribution in [2.75, 3.05) is 19.2 Å². The monoisotopic (exact) mass is 741 g/mol. The third kappa shape index (κ3) is 9.19. The van der Waals surface area contributed by atoms with Crippen LogP contribution in [0.1, 0.15) is 61.9 Å². The predicted octanol–water partition coefficient (Wildman–Crippen LogP) is 13.7. The zero-order chi connectivity index (χ0) is 39.3. The van der Waals surface area contributed by atoms with Crippen molar-refractivity contribution < 1.29 is 9.31 Å². The molecular formula is C51H53N2OS+. The van der Waals surface area contributed by atoms with Gasteiger partial charge in [0.1, 0.15) is 5.75 Å². The summed E-state index contributed by atoms with van der Waals surface area (Å²) in [6.45, 7) is 12.6. The van der Waals surface area contributed by atoms with E-state index < -0.39 is 0 Å². The van der Waals surface area contributed by atoms with Crippen LogP contribution in [0.4, 0.5) is 0 Å². The molecule has 0 saturated carbocycles. The summed E-state index contributed by atoms with van der Waals surface area (Å²) in [5, 5.41) is 7.32. The van der Waals surface area contributed by atoms with Crippen molar-refractivity contribution >= 4 is 23.2 Å². The molecule has 0 amide bonds. The topological polar surface area (TPSA) is 36.0 Å². The van der Waals surface area contributed by atoms with Gasteiger partial charge < -0.3 is 4.74 Å². The number of rotatable bonds is 12. The lowest BCUT2D eigenvalue weighted by molar-refractivity contribution is -0.407. The minimum absolute atomic E-state index is 0.805. The zero-order valence-corrected chi connectivity index (χ0v) is 34.4. The first kappa shape index (κ1) is 40.6. The van der Waals surface area contributed by atoms with Crippen molar-refractivity contribution in [3.63, 3.8) is 0 Å². The SMILES string of the molecule is C/C=C(c1ccccc1-c1cc(C)cc(-c2ccccc2)c1OC)\[N+](CSC)=C(/C)c1ccccc1-c1cc(C)cc(-c2ccccc2)c1CCC.CC#N. The Balaban J connectivity index is 0.00000187. The molecule has 55 heavy (non-hydrogen) atoms. The van der Waals surface area contributed by atoms with Gasteiger partial charge in [0.2, 0.25) is 5.70 Å². The average Bonchev–Trinajstić information content (AvgIpc) is 3.22. The molecule has 0 aliphatic carbocycles. The van der Waals surface area contributed by atoms with Crippen LogP contribution < -0.4 is 4.74 Å². The summed E-state index contributed by atoms with van der Waals surface area (Å²) in [6, 6.07) is 50.2. The number of nitrogens with zero attached hydrogens (tertiary/aromatic N) is 2. The Bertz CT molecular complexity index is 2330. The second-order valence-electron chi connectivity index (χ2n) is 13.6. The predicted molar refractivity (Wildman–Crippen MR) is 238 cm³/mol. The van der Waals surface area contributed by atoms with Crippen LogP contribution in [0.15, 0.2) is 140 Å². The first-order chi connectivity index (χ1) is 26.8. The van der Waals surface area contributed by atoms with Crippen molar-refractivity contribution in [3.8, 4) is 56.3 Å². The molecule has 278 valence electrons. The van der Waals surface area contributed by atoms with Gasteiger partial charge in [-0.25, -0.2) is 0 Å².